The average Bonchev–Trinajstić information content (AvgIpc) is 3.09. The summed E-state index contributed by atoms with van der Waals surface area (Å²) in [6.07, 6.45) is 2.45. The van der Waals surface area contributed by atoms with E-state index in [-0.39, 0.29) is 6.04 Å². The van der Waals surface area contributed by atoms with Gasteiger partial charge in [0, 0.05) is 17.7 Å². The Morgan fingerprint density at radius 3 is 2.41 bits per heavy atom. The molecule has 0 aromatic heterocycles. The van der Waals surface area contributed by atoms with Gasteiger partial charge in [-0.2, -0.15) is 0 Å². The molecule has 1 N–H and O–H groups in total. The third-order valence-corrected chi connectivity index (χ3v) is 3.82. The molecule has 0 spiro atoms. The molecule has 0 radical (unpaired) electrons. The van der Waals surface area contributed by atoms with Crippen molar-refractivity contribution in [2.75, 3.05) is 7.05 Å². The predicted octanol–water partition coefficient (Wildman–Crippen LogP) is 3.58. The normalized spacial score (nSPS) is 19.1. The minimum Gasteiger partial charge on any atom is -0.313 e. The first-order valence-corrected chi connectivity index (χ1v) is 6.17. The predicted molar refractivity (Wildman–Crippen MR) is 64.8 cm³/mol. The van der Waals surface area contributed by atoms with Crippen LogP contribution >= 0.6 is 0 Å². The van der Waals surface area contributed by atoms with Crippen molar-refractivity contribution in [1.29, 1.82) is 0 Å². The van der Waals surface area contributed by atoms with Crippen LogP contribution < -0.4 is 5.32 Å². The number of nitrogens with one attached hydrogen (secondary N) is 1. The van der Waals surface area contributed by atoms with Gasteiger partial charge in [-0.15, -0.1) is 0 Å². The summed E-state index contributed by atoms with van der Waals surface area (Å²) < 4.78 is 27.1. The van der Waals surface area contributed by atoms with E-state index in [1.54, 1.807) is 13.0 Å². The van der Waals surface area contributed by atoms with Gasteiger partial charge in [0.2, 0.25) is 0 Å². The second-order valence-electron chi connectivity index (χ2n) is 5.09. The highest BCUT2D eigenvalue weighted by Crippen LogP contribution is 2.43. The van der Waals surface area contributed by atoms with Gasteiger partial charge in [0.25, 0.3) is 0 Å². The molecular formula is C14H19F2N. The lowest BCUT2D eigenvalue weighted by atomic mass is 9.89. The largest absolute Gasteiger partial charge is 0.313 e. The van der Waals surface area contributed by atoms with Crippen molar-refractivity contribution < 1.29 is 8.78 Å². The van der Waals surface area contributed by atoms with Crippen LogP contribution in [0.25, 0.3) is 0 Å². The van der Waals surface area contributed by atoms with E-state index in [1.165, 1.54) is 12.8 Å². The lowest BCUT2D eigenvalue weighted by Crippen LogP contribution is -2.26. The van der Waals surface area contributed by atoms with E-state index in [4.69, 9.17) is 0 Å². The Bertz CT molecular complexity index is 413. The maximum Gasteiger partial charge on any atom is 0.130 e. The van der Waals surface area contributed by atoms with Crippen LogP contribution in [0.4, 0.5) is 8.78 Å². The van der Waals surface area contributed by atoms with Crippen molar-refractivity contribution >= 4 is 0 Å². The van der Waals surface area contributed by atoms with Crippen LogP contribution in [0.2, 0.25) is 0 Å². The fraction of sp³-hybridized carbons (Fsp3) is 0.571. The summed E-state index contributed by atoms with van der Waals surface area (Å²) in [4.78, 5) is 0. The first kappa shape index (κ1) is 12.5. The van der Waals surface area contributed by atoms with Gasteiger partial charge in [0.15, 0.2) is 0 Å². The van der Waals surface area contributed by atoms with Gasteiger partial charge in [-0.3, -0.25) is 0 Å². The van der Waals surface area contributed by atoms with Crippen molar-refractivity contribution in [2.45, 2.75) is 32.7 Å². The first-order chi connectivity index (χ1) is 8.04. The molecule has 94 valence electrons. The zero-order valence-electron chi connectivity index (χ0n) is 10.6. The topological polar surface area (TPSA) is 12.0 Å². The molecule has 1 aromatic carbocycles. The van der Waals surface area contributed by atoms with Gasteiger partial charge >= 0.3 is 0 Å². The van der Waals surface area contributed by atoms with E-state index in [9.17, 15) is 8.78 Å². The van der Waals surface area contributed by atoms with Crippen molar-refractivity contribution in [3.8, 4) is 0 Å². The van der Waals surface area contributed by atoms with Gasteiger partial charge < -0.3 is 5.32 Å². The number of rotatable bonds is 4. The second-order valence-corrected chi connectivity index (χ2v) is 5.09. The summed E-state index contributed by atoms with van der Waals surface area (Å²) in [5, 5.41) is 3.16. The summed E-state index contributed by atoms with van der Waals surface area (Å²) in [5.74, 6) is 0.150. The molecule has 0 heterocycles. The Kier molecular flexibility index (Phi) is 3.48. The third-order valence-electron chi connectivity index (χ3n) is 3.82. The second kappa shape index (κ2) is 4.73. The van der Waals surface area contributed by atoms with Crippen LogP contribution in [0.1, 0.15) is 36.9 Å². The zero-order valence-corrected chi connectivity index (χ0v) is 10.6. The fourth-order valence-corrected chi connectivity index (χ4v) is 2.51. The van der Waals surface area contributed by atoms with Gasteiger partial charge in [0.05, 0.1) is 0 Å². The minimum atomic E-state index is -0.472. The van der Waals surface area contributed by atoms with Crippen LogP contribution in [-0.2, 0) is 0 Å². The molecule has 0 aliphatic heterocycles. The van der Waals surface area contributed by atoms with E-state index in [0.717, 1.165) is 6.07 Å². The highest BCUT2D eigenvalue weighted by Gasteiger charge is 2.34. The van der Waals surface area contributed by atoms with Crippen LogP contribution in [0.3, 0.4) is 0 Å². The van der Waals surface area contributed by atoms with Crippen molar-refractivity contribution in [2.24, 2.45) is 11.8 Å². The number of halogens is 2. The van der Waals surface area contributed by atoms with E-state index in [2.05, 4.69) is 12.2 Å². The van der Waals surface area contributed by atoms with Crippen LogP contribution in [-0.4, -0.2) is 7.05 Å². The maximum absolute atomic E-state index is 13.8. The Morgan fingerprint density at radius 2 is 1.88 bits per heavy atom. The minimum absolute atomic E-state index is 0.0261. The molecule has 0 amide bonds. The molecule has 1 saturated carbocycles. The van der Waals surface area contributed by atoms with E-state index in [1.807, 2.05) is 7.05 Å². The molecule has 2 unspecified atom stereocenters. The van der Waals surface area contributed by atoms with E-state index in [0.29, 0.717) is 23.0 Å². The fourth-order valence-electron chi connectivity index (χ4n) is 2.51. The Hall–Kier alpha value is -0.960. The summed E-state index contributed by atoms with van der Waals surface area (Å²) >= 11 is 0. The van der Waals surface area contributed by atoms with Gasteiger partial charge in [0.1, 0.15) is 11.6 Å². The molecule has 2 atom stereocenters. The van der Waals surface area contributed by atoms with Crippen LogP contribution in [0, 0.1) is 30.4 Å². The molecule has 2 rings (SSSR count). The lowest BCUT2D eigenvalue weighted by molar-refractivity contribution is 0.357. The molecule has 1 aliphatic carbocycles. The van der Waals surface area contributed by atoms with Gasteiger partial charge in [-0.25, -0.2) is 8.78 Å². The van der Waals surface area contributed by atoms with Crippen molar-refractivity contribution in [3.63, 3.8) is 0 Å². The Labute approximate surface area is 101 Å². The zero-order chi connectivity index (χ0) is 12.6. The molecule has 1 aliphatic rings. The maximum atomic E-state index is 13.8. The highest BCUT2D eigenvalue weighted by molar-refractivity contribution is 5.29. The number of benzene rings is 1. The smallest absolute Gasteiger partial charge is 0.130 e. The molecule has 0 bridgehead atoms. The monoisotopic (exact) mass is 239 g/mol. The van der Waals surface area contributed by atoms with E-state index >= 15 is 0 Å². The number of hydrogen-bond donors (Lipinski definition) is 1. The highest BCUT2D eigenvalue weighted by atomic mass is 19.1. The summed E-state index contributed by atoms with van der Waals surface area (Å²) in [6.45, 7) is 3.81. The van der Waals surface area contributed by atoms with Gasteiger partial charge in [-0.05, 0) is 50.3 Å². The van der Waals surface area contributed by atoms with Gasteiger partial charge in [-0.1, -0.05) is 6.92 Å². The molecular weight excluding hydrogens is 220 g/mol. The van der Waals surface area contributed by atoms with Crippen molar-refractivity contribution in [3.05, 3.63) is 34.9 Å². The standard InChI is InChI=1S/C14H19F2N/c1-8-6-11(13(16)7-12(8)15)14(17-3)9(2)10-4-5-10/h6-7,9-10,14,17H,4-5H2,1-3H3. The molecule has 3 heteroatoms. The number of hydrogen-bond acceptors (Lipinski definition) is 1. The quantitative estimate of drug-likeness (QED) is 0.846. The summed E-state index contributed by atoms with van der Waals surface area (Å²) in [5.41, 5.74) is 1.09. The molecule has 1 fully saturated rings. The lowest BCUT2D eigenvalue weighted by Gasteiger charge is -2.24. The molecule has 1 nitrogen and oxygen atoms in total. The average molecular weight is 239 g/mol. The third kappa shape index (κ3) is 2.49. The summed E-state index contributed by atoms with van der Waals surface area (Å²) in [7, 11) is 1.83. The van der Waals surface area contributed by atoms with Crippen LogP contribution in [0.5, 0.6) is 0 Å². The Morgan fingerprint density at radius 1 is 1.24 bits per heavy atom. The van der Waals surface area contributed by atoms with Crippen LogP contribution in [0.15, 0.2) is 12.1 Å². The molecule has 0 saturated heterocycles. The Balaban J connectivity index is 2.32. The first-order valence-electron chi connectivity index (χ1n) is 6.17. The van der Waals surface area contributed by atoms with Crippen molar-refractivity contribution in [1.82, 2.24) is 5.32 Å². The SMILES string of the molecule is CNC(c1cc(C)c(F)cc1F)C(C)C1CC1. The molecule has 17 heavy (non-hydrogen) atoms. The summed E-state index contributed by atoms with van der Waals surface area (Å²) in [6, 6.07) is 2.60. The number of aryl methyl sites for hydroxylation is 1. The van der Waals surface area contributed by atoms with E-state index < -0.39 is 11.6 Å². The molecule has 1 aromatic rings.